The molecule has 2 fully saturated rings. The van der Waals surface area contributed by atoms with Crippen LogP contribution in [0, 0.1) is 0 Å². The summed E-state index contributed by atoms with van der Waals surface area (Å²) in [5.74, 6) is -0.513. The monoisotopic (exact) mass is 316 g/mol. The van der Waals surface area contributed by atoms with Crippen LogP contribution in [0.2, 0.25) is 0 Å². The molecule has 7 nitrogen and oxygen atoms in total. The molecule has 0 unspecified atom stereocenters. The molecule has 0 aliphatic carbocycles. The van der Waals surface area contributed by atoms with Gasteiger partial charge in [0, 0.05) is 32.7 Å². The predicted octanol–water partition coefficient (Wildman–Crippen LogP) is -0.117. The third-order valence-corrected chi connectivity index (χ3v) is 4.20. The zero-order chi connectivity index (χ0) is 16.2. The van der Waals surface area contributed by atoms with E-state index in [1.165, 1.54) is 5.56 Å². The Labute approximate surface area is 134 Å². The fraction of sp³-hybridized carbons (Fsp3) is 0.438. The summed E-state index contributed by atoms with van der Waals surface area (Å²) in [5, 5.41) is 2.42. The number of hydrogen-bond acceptors (Lipinski definition) is 4. The quantitative estimate of drug-likeness (QED) is 0.786. The third kappa shape index (κ3) is 3.68. The fourth-order valence-corrected chi connectivity index (χ4v) is 2.85. The lowest BCUT2D eigenvalue weighted by Gasteiger charge is -2.35. The van der Waals surface area contributed by atoms with Crippen molar-refractivity contribution < 1.29 is 14.4 Å². The Hall–Kier alpha value is -2.41. The van der Waals surface area contributed by atoms with Gasteiger partial charge in [0.05, 0.1) is 6.54 Å². The summed E-state index contributed by atoms with van der Waals surface area (Å²) < 4.78 is 0. The molecule has 3 rings (SSSR count). The minimum atomic E-state index is -0.480. The molecule has 1 aromatic carbocycles. The van der Waals surface area contributed by atoms with E-state index < -0.39 is 6.03 Å². The number of carbonyl (C=O) groups is 3. The predicted molar refractivity (Wildman–Crippen MR) is 83.4 cm³/mol. The van der Waals surface area contributed by atoms with Crippen LogP contribution >= 0.6 is 0 Å². The van der Waals surface area contributed by atoms with Gasteiger partial charge in [-0.3, -0.25) is 19.4 Å². The number of nitrogens with one attached hydrogen (secondary N) is 1. The molecule has 1 N–H and O–H groups in total. The van der Waals surface area contributed by atoms with E-state index in [1.807, 2.05) is 18.2 Å². The molecule has 2 heterocycles. The Balaban J connectivity index is 1.48. The summed E-state index contributed by atoms with van der Waals surface area (Å²) in [6, 6.07) is 9.74. The standard InChI is InChI=1S/C16H20N4O3/c21-14-10-17-16(23)20(14)12-15(22)19-8-6-18(7-9-19)11-13-4-2-1-3-5-13/h1-5H,6-12H2,(H,17,23). The molecule has 0 bridgehead atoms. The average molecular weight is 316 g/mol. The van der Waals surface area contributed by atoms with Gasteiger partial charge in [-0.25, -0.2) is 4.79 Å². The van der Waals surface area contributed by atoms with Gasteiger partial charge < -0.3 is 10.2 Å². The largest absolute Gasteiger partial charge is 0.339 e. The molecule has 23 heavy (non-hydrogen) atoms. The SMILES string of the molecule is O=C(CN1C(=O)CNC1=O)N1CCN(Cc2ccccc2)CC1. The maximum absolute atomic E-state index is 12.2. The Morgan fingerprint density at radius 2 is 1.74 bits per heavy atom. The van der Waals surface area contributed by atoms with Crippen molar-refractivity contribution in [2.75, 3.05) is 39.3 Å². The molecule has 2 saturated heterocycles. The lowest BCUT2D eigenvalue weighted by atomic mass is 10.2. The molecule has 1 aromatic rings. The van der Waals surface area contributed by atoms with Crippen LogP contribution in [0.1, 0.15) is 5.56 Å². The van der Waals surface area contributed by atoms with E-state index in [4.69, 9.17) is 0 Å². The van der Waals surface area contributed by atoms with Crippen molar-refractivity contribution in [3.8, 4) is 0 Å². The second-order valence-corrected chi connectivity index (χ2v) is 5.78. The van der Waals surface area contributed by atoms with Gasteiger partial charge in [-0.2, -0.15) is 0 Å². The first-order valence-corrected chi connectivity index (χ1v) is 7.76. The molecular weight excluding hydrogens is 296 g/mol. The summed E-state index contributed by atoms with van der Waals surface area (Å²) in [7, 11) is 0. The highest BCUT2D eigenvalue weighted by Gasteiger charge is 2.32. The van der Waals surface area contributed by atoms with Gasteiger partial charge in [0.1, 0.15) is 6.54 Å². The molecule has 2 aliphatic rings. The Morgan fingerprint density at radius 3 is 2.35 bits per heavy atom. The number of rotatable bonds is 4. The van der Waals surface area contributed by atoms with Crippen LogP contribution in [0.5, 0.6) is 0 Å². The Morgan fingerprint density at radius 1 is 1.04 bits per heavy atom. The third-order valence-electron chi connectivity index (χ3n) is 4.20. The minimum absolute atomic E-state index is 0.0169. The summed E-state index contributed by atoms with van der Waals surface area (Å²) >= 11 is 0. The van der Waals surface area contributed by atoms with Crippen LogP contribution in [0.3, 0.4) is 0 Å². The van der Waals surface area contributed by atoms with Crippen LogP contribution in [0.15, 0.2) is 30.3 Å². The molecule has 122 valence electrons. The number of piperazine rings is 1. The first-order valence-electron chi connectivity index (χ1n) is 7.76. The number of urea groups is 1. The minimum Gasteiger partial charge on any atom is -0.339 e. The molecule has 0 spiro atoms. The molecule has 0 saturated carbocycles. The van der Waals surface area contributed by atoms with Crippen molar-refractivity contribution in [3.05, 3.63) is 35.9 Å². The van der Waals surface area contributed by atoms with Gasteiger partial charge in [-0.1, -0.05) is 30.3 Å². The van der Waals surface area contributed by atoms with E-state index in [2.05, 4.69) is 22.3 Å². The lowest BCUT2D eigenvalue weighted by molar-refractivity contribution is -0.137. The molecule has 0 atom stereocenters. The summed E-state index contributed by atoms with van der Waals surface area (Å²) in [4.78, 5) is 40.2. The van der Waals surface area contributed by atoms with Crippen molar-refractivity contribution in [3.63, 3.8) is 0 Å². The maximum atomic E-state index is 12.2. The first kappa shape index (κ1) is 15.5. The highest BCUT2D eigenvalue weighted by Crippen LogP contribution is 2.09. The summed E-state index contributed by atoms with van der Waals surface area (Å²) in [5.41, 5.74) is 1.26. The van der Waals surface area contributed by atoms with Crippen molar-refractivity contribution in [1.82, 2.24) is 20.0 Å². The van der Waals surface area contributed by atoms with Gasteiger partial charge in [-0.05, 0) is 5.56 Å². The van der Waals surface area contributed by atoms with E-state index >= 15 is 0 Å². The topological polar surface area (TPSA) is 73.0 Å². The second-order valence-electron chi connectivity index (χ2n) is 5.78. The molecular formula is C16H20N4O3. The number of amides is 4. The van der Waals surface area contributed by atoms with E-state index in [1.54, 1.807) is 4.90 Å². The molecule has 4 amide bonds. The summed E-state index contributed by atoms with van der Waals surface area (Å²) in [6.45, 7) is 3.52. The van der Waals surface area contributed by atoms with Crippen LogP contribution in [0.4, 0.5) is 4.79 Å². The van der Waals surface area contributed by atoms with Crippen LogP contribution in [-0.4, -0.2) is 71.8 Å². The van der Waals surface area contributed by atoms with Gasteiger partial charge in [0.25, 0.3) is 5.91 Å². The summed E-state index contributed by atoms with van der Waals surface area (Å²) in [6.07, 6.45) is 0. The molecule has 2 aliphatic heterocycles. The zero-order valence-electron chi connectivity index (χ0n) is 12.9. The van der Waals surface area contributed by atoms with E-state index in [-0.39, 0.29) is 24.9 Å². The van der Waals surface area contributed by atoms with Crippen molar-refractivity contribution in [2.45, 2.75) is 6.54 Å². The number of hydrogen-bond donors (Lipinski definition) is 1. The van der Waals surface area contributed by atoms with E-state index in [0.29, 0.717) is 13.1 Å². The lowest BCUT2D eigenvalue weighted by Crippen LogP contribution is -2.51. The van der Waals surface area contributed by atoms with Crippen molar-refractivity contribution in [2.24, 2.45) is 0 Å². The average Bonchev–Trinajstić information content (AvgIpc) is 2.88. The van der Waals surface area contributed by atoms with Crippen molar-refractivity contribution in [1.29, 1.82) is 0 Å². The van der Waals surface area contributed by atoms with Crippen LogP contribution in [-0.2, 0) is 16.1 Å². The molecule has 7 heteroatoms. The van der Waals surface area contributed by atoms with Gasteiger partial charge in [0.2, 0.25) is 5.91 Å². The van der Waals surface area contributed by atoms with E-state index in [9.17, 15) is 14.4 Å². The zero-order valence-corrected chi connectivity index (χ0v) is 12.9. The van der Waals surface area contributed by atoms with E-state index in [0.717, 1.165) is 24.5 Å². The smallest absolute Gasteiger partial charge is 0.325 e. The van der Waals surface area contributed by atoms with Crippen LogP contribution < -0.4 is 5.32 Å². The Bertz CT molecular complexity index is 581. The number of carbonyl (C=O) groups excluding carboxylic acids is 3. The van der Waals surface area contributed by atoms with Gasteiger partial charge in [-0.15, -0.1) is 0 Å². The second kappa shape index (κ2) is 6.78. The Kier molecular flexibility index (Phi) is 4.57. The maximum Gasteiger partial charge on any atom is 0.325 e. The highest BCUT2D eigenvalue weighted by atomic mass is 16.2. The van der Waals surface area contributed by atoms with Gasteiger partial charge >= 0.3 is 6.03 Å². The number of benzene rings is 1. The number of nitrogens with zero attached hydrogens (tertiary/aromatic N) is 3. The van der Waals surface area contributed by atoms with Crippen LogP contribution in [0.25, 0.3) is 0 Å². The highest BCUT2D eigenvalue weighted by molar-refractivity contribution is 6.04. The molecule has 0 aromatic heterocycles. The van der Waals surface area contributed by atoms with Gasteiger partial charge in [0.15, 0.2) is 0 Å². The normalized spacial score (nSPS) is 19.1. The van der Waals surface area contributed by atoms with Crippen molar-refractivity contribution >= 4 is 17.8 Å². The fourth-order valence-electron chi connectivity index (χ4n) is 2.85. The number of imide groups is 1. The molecule has 0 radical (unpaired) electrons. The first-order chi connectivity index (χ1) is 11.1.